The van der Waals surface area contributed by atoms with Crippen LogP contribution in [-0.4, -0.2) is 5.91 Å². The van der Waals surface area contributed by atoms with Crippen molar-refractivity contribution in [2.45, 2.75) is 13.3 Å². The zero-order valence-corrected chi connectivity index (χ0v) is 12.8. The Bertz CT molecular complexity index is 613. The van der Waals surface area contributed by atoms with Gasteiger partial charge in [0.05, 0.1) is 5.69 Å². The molecule has 1 N–H and O–H groups in total. The van der Waals surface area contributed by atoms with E-state index >= 15 is 0 Å². The van der Waals surface area contributed by atoms with Crippen LogP contribution in [0, 0.1) is 0 Å². The molecule has 0 fully saturated rings. The van der Waals surface area contributed by atoms with Crippen LogP contribution >= 0.6 is 27.5 Å². The summed E-state index contributed by atoms with van der Waals surface area (Å²) in [7, 11) is 0. The van der Waals surface area contributed by atoms with Crippen molar-refractivity contribution in [3.63, 3.8) is 0 Å². The Balaban J connectivity index is 2.26. The quantitative estimate of drug-likeness (QED) is 0.846. The maximum absolute atomic E-state index is 12.3. The highest BCUT2D eigenvalue weighted by Gasteiger charge is 2.11. The molecule has 4 heteroatoms. The van der Waals surface area contributed by atoms with Crippen LogP contribution in [0.4, 0.5) is 5.69 Å². The fourth-order valence-electron chi connectivity index (χ4n) is 1.83. The van der Waals surface area contributed by atoms with Crippen molar-refractivity contribution in [3.8, 4) is 0 Å². The van der Waals surface area contributed by atoms with Crippen molar-refractivity contribution in [1.82, 2.24) is 0 Å². The van der Waals surface area contributed by atoms with Crippen LogP contribution in [0.5, 0.6) is 0 Å². The molecule has 0 saturated carbocycles. The Hall–Kier alpha value is -1.32. The molecule has 0 saturated heterocycles. The molecule has 2 rings (SSSR count). The number of aryl methyl sites for hydroxylation is 1. The Morgan fingerprint density at radius 1 is 1.26 bits per heavy atom. The summed E-state index contributed by atoms with van der Waals surface area (Å²) in [5, 5.41) is 3.51. The normalized spacial score (nSPS) is 10.3. The molecule has 0 aliphatic carbocycles. The number of benzene rings is 2. The van der Waals surface area contributed by atoms with Crippen LogP contribution < -0.4 is 5.32 Å². The third kappa shape index (κ3) is 3.37. The minimum atomic E-state index is -0.111. The van der Waals surface area contributed by atoms with E-state index in [1.165, 1.54) is 0 Å². The highest BCUT2D eigenvalue weighted by Crippen LogP contribution is 2.26. The standard InChI is InChI=1S/C15H13BrClNO/c1-2-10-5-3-4-6-12(10)15(19)18-14-8-7-11(17)9-13(14)16/h3-9H,2H2,1H3,(H,18,19). The van der Waals surface area contributed by atoms with Gasteiger partial charge in [-0.3, -0.25) is 4.79 Å². The monoisotopic (exact) mass is 337 g/mol. The molecule has 19 heavy (non-hydrogen) atoms. The Morgan fingerprint density at radius 3 is 2.68 bits per heavy atom. The fraction of sp³-hybridized carbons (Fsp3) is 0.133. The van der Waals surface area contributed by atoms with Crippen molar-refractivity contribution in [2.24, 2.45) is 0 Å². The van der Waals surface area contributed by atoms with Gasteiger partial charge in [0.1, 0.15) is 0 Å². The molecule has 0 atom stereocenters. The second-order valence-corrected chi connectivity index (χ2v) is 5.38. The SMILES string of the molecule is CCc1ccccc1C(=O)Nc1ccc(Cl)cc1Br. The lowest BCUT2D eigenvalue weighted by Gasteiger charge is -2.10. The number of hydrogen-bond donors (Lipinski definition) is 1. The Labute approximate surface area is 125 Å². The van der Waals surface area contributed by atoms with Gasteiger partial charge in [-0.05, 0) is 52.2 Å². The number of nitrogens with one attached hydrogen (secondary N) is 1. The summed E-state index contributed by atoms with van der Waals surface area (Å²) in [5.41, 5.74) is 2.44. The largest absolute Gasteiger partial charge is 0.321 e. The van der Waals surface area contributed by atoms with Gasteiger partial charge in [0.25, 0.3) is 5.91 Å². The average molecular weight is 339 g/mol. The molecule has 1 amide bonds. The van der Waals surface area contributed by atoms with Gasteiger partial charge in [-0.15, -0.1) is 0 Å². The number of hydrogen-bond acceptors (Lipinski definition) is 1. The van der Waals surface area contributed by atoms with E-state index in [-0.39, 0.29) is 5.91 Å². The maximum Gasteiger partial charge on any atom is 0.255 e. The van der Waals surface area contributed by atoms with Gasteiger partial charge in [0, 0.05) is 15.1 Å². The first-order chi connectivity index (χ1) is 9.11. The van der Waals surface area contributed by atoms with Gasteiger partial charge in [-0.2, -0.15) is 0 Å². The number of anilines is 1. The van der Waals surface area contributed by atoms with Crippen LogP contribution in [0.1, 0.15) is 22.8 Å². The first kappa shape index (κ1) is 14.1. The number of rotatable bonds is 3. The summed E-state index contributed by atoms with van der Waals surface area (Å²) in [4.78, 5) is 12.3. The molecule has 0 radical (unpaired) electrons. The predicted octanol–water partition coefficient (Wildman–Crippen LogP) is 4.92. The summed E-state index contributed by atoms with van der Waals surface area (Å²) in [6.07, 6.45) is 0.825. The molecule has 0 unspecified atom stereocenters. The molecule has 2 nitrogen and oxygen atoms in total. The van der Waals surface area contributed by atoms with Crippen LogP contribution in [0.2, 0.25) is 5.02 Å². The molecular weight excluding hydrogens is 326 g/mol. The van der Waals surface area contributed by atoms with Crippen molar-refractivity contribution in [2.75, 3.05) is 5.32 Å². The molecular formula is C15H13BrClNO. The second kappa shape index (κ2) is 6.22. The Kier molecular flexibility index (Phi) is 4.61. The van der Waals surface area contributed by atoms with Crippen molar-refractivity contribution >= 4 is 39.1 Å². The maximum atomic E-state index is 12.3. The number of halogens is 2. The third-order valence-corrected chi connectivity index (χ3v) is 3.71. The van der Waals surface area contributed by atoms with Gasteiger partial charge < -0.3 is 5.32 Å². The minimum Gasteiger partial charge on any atom is -0.321 e. The lowest BCUT2D eigenvalue weighted by molar-refractivity contribution is 0.102. The summed E-state index contributed by atoms with van der Waals surface area (Å²) < 4.78 is 0.766. The fourth-order valence-corrected chi connectivity index (χ4v) is 2.61. The first-order valence-electron chi connectivity index (χ1n) is 5.96. The summed E-state index contributed by atoms with van der Waals surface area (Å²) in [6, 6.07) is 12.9. The molecule has 0 aliphatic heterocycles. The lowest BCUT2D eigenvalue weighted by Crippen LogP contribution is -2.14. The summed E-state index contributed by atoms with van der Waals surface area (Å²) in [5.74, 6) is -0.111. The number of carbonyl (C=O) groups excluding carboxylic acids is 1. The van der Waals surface area contributed by atoms with Gasteiger partial charge in [0.15, 0.2) is 0 Å². The third-order valence-electron chi connectivity index (χ3n) is 2.82. The van der Waals surface area contributed by atoms with E-state index in [0.29, 0.717) is 16.3 Å². The number of amides is 1. The van der Waals surface area contributed by atoms with E-state index in [1.54, 1.807) is 18.2 Å². The zero-order chi connectivity index (χ0) is 13.8. The molecule has 0 aromatic heterocycles. The van der Waals surface area contributed by atoms with Gasteiger partial charge in [0.2, 0.25) is 0 Å². The van der Waals surface area contributed by atoms with E-state index < -0.39 is 0 Å². The second-order valence-electron chi connectivity index (χ2n) is 4.09. The molecule has 0 aliphatic rings. The van der Waals surface area contributed by atoms with Crippen LogP contribution in [0.25, 0.3) is 0 Å². The van der Waals surface area contributed by atoms with Crippen LogP contribution in [-0.2, 0) is 6.42 Å². The van der Waals surface area contributed by atoms with Crippen LogP contribution in [0.3, 0.4) is 0 Å². The molecule has 0 heterocycles. The molecule has 98 valence electrons. The van der Waals surface area contributed by atoms with E-state index in [1.807, 2.05) is 31.2 Å². The zero-order valence-electron chi connectivity index (χ0n) is 10.4. The summed E-state index contributed by atoms with van der Waals surface area (Å²) >= 11 is 9.26. The Morgan fingerprint density at radius 2 is 2.00 bits per heavy atom. The van der Waals surface area contributed by atoms with E-state index in [0.717, 1.165) is 16.5 Å². The summed E-state index contributed by atoms with van der Waals surface area (Å²) in [6.45, 7) is 2.03. The van der Waals surface area contributed by atoms with Crippen molar-refractivity contribution < 1.29 is 4.79 Å². The smallest absolute Gasteiger partial charge is 0.255 e. The van der Waals surface area contributed by atoms with Gasteiger partial charge in [-0.25, -0.2) is 0 Å². The van der Waals surface area contributed by atoms with Crippen molar-refractivity contribution in [3.05, 3.63) is 63.1 Å². The highest BCUT2D eigenvalue weighted by atomic mass is 79.9. The number of carbonyl (C=O) groups is 1. The van der Waals surface area contributed by atoms with Crippen molar-refractivity contribution in [1.29, 1.82) is 0 Å². The first-order valence-corrected chi connectivity index (χ1v) is 7.13. The lowest BCUT2D eigenvalue weighted by atomic mass is 10.0. The molecule has 0 bridgehead atoms. The molecule has 0 spiro atoms. The average Bonchev–Trinajstić information content (AvgIpc) is 2.41. The van der Waals surface area contributed by atoms with E-state index in [9.17, 15) is 4.79 Å². The van der Waals surface area contributed by atoms with Crippen LogP contribution in [0.15, 0.2) is 46.9 Å². The predicted molar refractivity (Wildman–Crippen MR) is 82.9 cm³/mol. The van der Waals surface area contributed by atoms with Gasteiger partial charge in [-0.1, -0.05) is 36.7 Å². The van der Waals surface area contributed by atoms with E-state index in [4.69, 9.17) is 11.6 Å². The minimum absolute atomic E-state index is 0.111. The molecule has 2 aromatic rings. The topological polar surface area (TPSA) is 29.1 Å². The van der Waals surface area contributed by atoms with Gasteiger partial charge >= 0.3 is 0 Å². The molecule has 2 aromatic carbocycles. The van der Waals surface area contributed by atoms with E-state index in [2.05, 4.69) is 21.2 Å². The highest BCUT2D eigenvalue weighted by molar-refractivity contribution is 9.10.